The molecule has 1 aliphatic rings. The molecule has 0 aromatic rings. The summed E-state index contributed by atoms with van der Waals surface area (Å²) < 4.78 is 0. The molecule has 0 aliphatic heterocycles. The quantitative estimate of drug-likeness (QED) is 0.654. The molecule has 3 N–H and O–H groups in total. The van der Waals surface area contributed by atoms with E-state index in [9.17, 15) is 4.79 Å². The average Bonchev–Trinajstić information content (AvgIpc) is 2.82. The number of unbranched alkanes of at least 4 members (excludes halogenated alkanes) is 1. The van der Waals surface area contributed by atoms with Gasteiger partial charge in [0.05, 0.1) is 0 Å². The zero-order chi connectivity index (χ0) is 13.6. The lowest BCUT2D eigenvalue weighted by Crippen LogP contribution is -2.44. The molecule has 0 saturated heterocycles. The fraction of sp³-hybridized carbons (Fsp3) is 0.929. The van der Waals surface area contributed by atoms with E-state index in [2.05, 4.69) is 11.8 Å². The number of carbonyl (C=O) groups is 1. The monoisotopic (exact) mass is 256 g/mol. The fourth-order valence-corrected chi connectivity index (χ4v) is 2.78. The van der Waals surface area contributed by atoms with Crippen LogP contribution in [-0.2, 0) is 4.79 Å². The lowest BCUT2D eigenvalue weighted by atomic mass is 9.96. The number of carboxylic acid groups (broad SMARTS) is 1. The number of hydrogen-bond acceptors (Lipinski definition) is 3. The van der Waals surface area contributed by atoms with Gasteiger partial charge in [-0.15, -0.1) is 0 Å². The lowest BCUT2D eigenvalue weighted by molar-refractivity contribution is -0.142. The molecule has 0 heterocycles. The van der Waals surface area contributed by atoms with Gasteiger partial charge < -0.3 is 15.7 Å². The molecule has 1 aliphatic carbocycles. The van der Waals surface area contributed by atoms with Gasteiger partial charge in [-0.05, 0) is 52.1 Å². The van der Waals surface area contributed by atoms with Gasteiger partial charge in [-0.1, -0.05) is 19.8 Å². The summed E-state index contributed by atoms with van der Waals surface area (Å²) in [6, 6.07) is 0.763. The Morgan fingerprint density at radius 1 is 1.39 bits per heavy atom. The molecule has 106 valence electrons. The van der Waals surface area contributed by atoms with Crippen LogP contribution in [0.1, 0.15) is 58.8 Å². The average molecular weight is 256 g/mol. The van der Waals surface area contributed by atoms with Crippen LogP contribution in [0.25, 0.3) is 0 Å². The summed E-state index contributed by atoms with van der Waals surface area (Å²) in [6.45, 7) is 5.99. The first-order valence-electron chi connectivity index (χ1n) is 7.23. The zero-order valence-corrected chi connectivity index (χ0v) is 11.8. The molecule has 1 saturated carbocycles. The number of nitrogens with two attached hydrogens (primary N) is 1. The van der Waals surface area contributed by atoms with Crippen LogP contribution in [0.5, 0.6) is 0 Å². The largest absolute Gasteiger partial charge is 0.480 e. The molecule has 0 bridgehead atoms. The zero-order valence-electron chi connectivity index (χ0n) is 11.8. The summed E-state index contributed by atoms with van der Waals surface area (Å²) in [6.07, 6.45) is 7.88. The highest BCUT2D eigenvalue weighted by Gasteiger charge is 2.27. The second-order valence-corrected chi connectivity index (χ2v) is 5.75. The summed E-state index contributed by atoms with van der Waals surface area (Å²) in [5.74, 6) is -0.898. The number of carboxylic acids is 1. The molecular weight excluding hydrogens is 228 g/mol. The summed E-state index contributed by atoms with van der Waals surface area (Å²) in [5.41, 5.74) is 4.65. The minimum Gasteiger partial charge on any atom is -0.480 e. The second-order valence-electron chi connectivity index (χ2n) is 5.75. The van der Waals surface area contributed by atoms with Gasteiger partial charge in [-0.2, -0.15) is 0 Å². The molecule has 0 aromatic heterocycles. The third kappa shape index (κ3) is 4.58. The third-order valence-electron chi connectivity index (χ3n) is 4.13. The van der Waals surface area contributed by atoms with Crippen molar-refractivity contribution < 1.29 is 9.90 Å². The Bertz CT molecular complexity index is 261. The van der Waals surface area contributed by atoms with E-state index in [1.165, 1.54) is 25.7 Å². The molecule has 0 amide bonds. The molecule has 1 rings (SSSR count). The van der Waals surface area contributed by atoms with Gasteiger partial charge in [0.2, 0.25) is 0 Å². The highest BCUT2D eigenvalue weighted by molar-refractivity contribution is 5.77. The van der Waals surface area contributed by atoms with Crippen molar-refractivity contribution >= 4 is 5.97 Å². The van der Waals surface area contributed by atoms with Gasteiger partial charge in [0, 0.05) is 6.04 Å². The van der Waals surface area contributed by atoms with Crippen molar-refractivity contribution in [3.8, 4) is 0 Å². The Balaban J connectivity index is 2.21. The molecule has 0 aromatic carbocycles. The van der Waals surface area contributed by atoms with E-state index in [1.807, 2.05) is 0 Å². The van der Waals surface area contributed by atoms with Crippen molar-refractivity contribution in [1.29, 1.82) is 0 Å². The second kappa shape index (κ2) is 7.10. The van der Waals surface area contributed by atoms with Gasteiger partial charge in [-0.25, -0.2) is 0 Å². The van der Waals surface area contributed by atoms with E-state index in [4.69, 9.17) is 10.8 Å². The van der Waals surface area contributed by atoms with Crippen LogP contribution in [0.15, 0.2) is 0 Å². The van der Waals surface area contributed by atoms with Crippen LogP contribution in [0.2, 0.25) is 0 Å². The number of nitrogens with zero attached hydrogens (tertiary/aromatic N) is 1. The maximum absolute atomic E-state index is 10.9. The molecule has 0 spiro atoms. The topological polar surface area (TPSA) is 66.6 Å². The molecule has 1 unspecified atom stereocenters. The highest BCUT2D eigenvalue weighted by atomic mass is 16.4. The van der Waals surface area contributed by atoms with E-state index in [1.54, 1.807) is 6.92 Å². The van der Waals surface area contributed by atoms with Gasteiger partial charge in [0.15, 0.2) is 0 Å². The Labute approximate surface area is 111 Å². The van der Waals surface area contributed by atoms with Crippen LogP contribution in [-0.4, -0.2) is 40.6 Å². The predicted octanol–water partition coefficient (Wildman–Crippen LogP) is 2.22. The highest BCUT2D eigenvalue weighted by Crippen LogP contribution is 2.23. The Kier molecular flexibility index (Phi) is 6.09. The van der Waals surface area contributed by atoms with Crippen LogP contribution >= 0.6 is 0 Å². The molecule has 1 fully saturated rings. The van der Waals surface area contributed by atoms with E-state index in [-0.39, 0.29) is 0 Å². The van der Waals surface area contributed by atoms with E-state index in [0.717, 1.165) is 32.0 Å². The number of hydrogen-bond donors (Lipinski definition) is 2. The van der Waals surface area contributed by atoms with Crippen LogP contribution in [0.4, 0.5) is 0 Å². The predicted molar refractivity (Wildman–Crippen MR) is 73.6 cm³/mol. The van der Waals surface area contributed by atoms with Crippen molar-refractivity contribution in [2.45, 2.75) is 70.4 Å². The Hall–Kier alpha value is -0.610. The normalized spacial score (nSPS) is 20.2. The summed E-state index contributed by atoms with van der Waals surface area (Å²) >= 11 is 0. The maximum Gasteiger partial charge on any atom is 0.323 e. The smallest absolute Gasteiger partial charge is 0.323 e. The number of rotatable bonds is 8. The Morgan fingerprint density at radius 2 is 2.00 bits per heavy atom. The molecular formula is C14H28N2O2. The fourth-order valence-electron chi connectivity index (χ4n) is 2.78. The summed E-state index contributed by atoms with van der Waals surface area (Å²) in [4.78, 5) is 13.4. The summed E-state index contributed by atoms with van der Waals surface area (Å²) in [7, 11) is 0. The first kappa shape index (κ1) is 15.4. The minimum absolute atomic E-state index is 0.560. The van der Waals surface area contributed by atoms with Crippen LogP contribution < -0.4 is 5.73 Å². The van der Waals surface area contributed by atoms with Crippen molar-refractivity contribution in [2.75, 3.05) is 13.1 Å². The van der Waals surface area contributed by atoms with E-state index < -0.39 is 11.5 Å². The van der Waals surface area contributed by atoms with E-state index >= 15 is 0 Å². The van der Waals surface area contributed by atoms with Gasteiger partial charge in [-0.3, -0.25) is 4.79 Å². The Morgan fingerprint density at radius 3 is 2.50 bits per heavy atom. The van der Waals surface area contributed by atoms with Crippen molar-refractivity contribution in [3.63, 3.8) is 0 Å². The third-order valence-corrected chi connectivity index (χ3v) is 4.13. The van der Waals surface area contributed by atoms with Crippen LogP contribution in [0.3, 0.4) is 0 Å². The number of aliphatic carboxylic acids is 1. The molecule has 4 heteroatoms. The van der Waals surface area contributed by atoms with Gasteiger partial charge >= 0.3 is 5.97 Å². The standard InChI is InChI=1S/C14H28N2O2/c1-3-16(12-8-4-5-9-12)11-7-6-10-14(2,15)13(17)18/h12H,3-11,15H2,1-2H3,(H,17,18). The van der Waals surface area contributed by atoms with Crippen LogP contribution in [0, 0.1) is 0 Å². The lowest BCUT2D eigenvalue weighted by Gasteiger charge is -2.27. The summed E-state index contributed by atoms with van der Waals surface area (Å²) in [5, 5.41) is 8.93. The SMILES string of the molecule is CCN(CCCCC(C)(N)C(=O)O)C1CCCC1. The van der Waals surface area contributed by atoms with Gasteiger partial charge in [0.1, 0.15) is 5.54 Å². The minimum atomic E-state index is -1.07. The van der Waals surface area contributed by atoms with Crippen molar-refractivity contribution in [2.24, 2.45) is 5.73 Å². The molecule has 0 radical (unpaired) electrons. The van der Waals surface area contributed by atoms with Crippen molar-refractivity contribution in [3.05, 3.63) is 0 Å². The van der Waals surface area contributed by atoms with E-state index in [0.29, 0.717) is 6.42 Å². The molecule has 1 atom stereocenters. The first-order chi connectivity index (χ1) is 8.47. The van der Waals surface area contributed by atoms with Crippen molar-refractivity contribution in [1.82, 2.24) is 4.90 Å². The molecule has 4 nitrogen and oxygen atoms in total. The molecule has 18 heavy (non-hydrogen) atoms. The van der Waals surface area contributed by atoms with Gasteiger partial charge in [0.25, 0.3) is 0 Å². The first-order valence-corrected chi connectivity index (χ1v) is 7.23. The maximum atomic E-state index is 10.9.